The van der Waals surface area contributed by atoms with Crippen LogP contribution in [0.5, 0.6) is 0 Å². The summed E-state index contributed by atoms with van der Waals surface area (Å²) in [5.74, 6) is -0.227. The zero-order valence-corrected chi connectivity index (χ0v) is 9.56. The van der Waals surface area contributed by atoms with Gasteiger partial charge in [-0.25, -0.2) is 9.37 Å². The Balaban J connectivity index is 2.01. The Kier molecular flexibility index (Phi) is 2.49. The van der Waals surface area contributed by atoms with Crippen molar-refractivity contribution in [3.8, 4) is 0 Å². The van der Waals surface area contributed by atoms with E-state index in [2.05, 4.69) is 15.2 Å². The third-order valence-corrected chi connectivity index (χ3v) is 3.83. The molecule has 0 radical (unpaired) electrons. The van der Waals surface area contributed by atoms with Gasteiger partial charge >= 0.3 is 0 Å². The van der Waals surface area contributed by atoms with E-state index in [0.717, 1.165) is 36.0 Å². The van der Waals surface area contributed by atoms with E-state index in [1.807, 2.05) is 6.07 Å². The lowest BCUT2D eigenvalue weighted by Crippen LogP contribution is -2.43. The summed E-state index contributed by atoms with van der Waals surface area (Å²) in [5.41, 5.74) is 0.501. The van der Waals surface area contributed by atoms with Crippen molar-refractivity contribution in [3.63, 3.8) is 0 Å². The minimum Gasteiger partial charge on any atom is -0.346 e. The number of rotatable bonds is 1. The molecule has 1 aromatic heterocycles. The molecule has 0 bridgehead atoms. The van der Waals surface area contributed by atoms with Gasteiger partial charge in [-0.15, -0.1) is 0 Å². The Morgan fingerprint density at radius 2 is 2.12 bits per heavy atom. The number of hydrogen-bond donors (Lipinski definition) is 1. The van der Waals surface area contributed by atoms with Crippen molar-refractivity contribution in [3.05, 3.63) is 24.0 Å². The molecule has 2 aromatic rings. The first-order valence-electron chi connectivity index (χ1n) is 5.35. The van der Waals surface area contributed by atoms with Gasteiger partial charge in [0, 0.05) is 26.2 Å². The Morgan fingerprint density at radius 1 is 1.31 bits per heavy atom. The Hall–Kier alpha value is -1.20. The molecule has 1 N–H and O–H groups in total. The van der Waals surface area contributed by atoms with Gasteiger partial charge in [-0.05, 0) is 12.1 Å². The minimum absolute atomic E-state index is 0.227. The van der Waals surface area contributed by atoms with Crippen LogP contribution in [0.4, 0.5) is 9.52 Å². The monoisotopic (exact) mass is 237 g/mol. The lowest BCUT2D eigenvalue weighted by Gasteiger charge is -2.26. The third-order valence-electron chi connectivity index (χ3n) is 2.75. The second-order valence-corrected chi connectivity index (χ2v) is 4.83. The van der Waals surface area contributed by atoms with E-state index in [0.29, 0.717) is 5.52 Å². The first-order chi connectivity index (χ1) is 7.84. The number of para-hydroxylation sites is 1. The van der Waals surface area contributed by atoms with Crippen LogP contribution in [0, 0.1) is 5.82 Å². The van der Waals surface area contributed by atoms with Crippen molar-refractivity contribution >= 4 is 26.7 Å². The van der Waals surface area contributed by atoms with E-state index < -0.39 is 0 Å². The lowest BCUT2D eigenvalue weighted by molar-refractivity contribution is 0.588. The van der Waals surface area contributed by atoms with E-state index in [-0.39, 0.29) is 5.82 Å². The van der Waals surface area contributed by atoms with Gasteiger partial charge in [0.1, 0.15) is 11.3 Å². The Bertz CT molecular complexity index is 505. The van der Waals surface area contributed by atoms with Crippen LogP contribution in [0.15, 0.2) is 18.2 Å². The maximum absolute atomic E-state index is 13.5. The molecule has 0 unspecified atom stereocenters. The van der Waals surface area contributed by atoms with Crippen LogP contribution in [0.25, 0.3) is 10.2 Å². The molecule has 0 aliphatic carbocycles. The number of piperazine rings is 1. The van der Waals surface area contributed by atoms with Crippen molar-refractivity contribution in [2.45, 2.75) is 0 Å². The summed E-state index contributed by atoms with van der Waals surface area (Å²) in [6.45, 7) is 3.83. The summed E-state index contributed by atoms with van der Waals surface area (Å²) in [5, 5.41) is 4.22. The smallest absolute Gasteiger partial charge is 0.186 e. The normalized spacial score (nSPS) is 16.9. The topological polar surface area (TPSA) is 28.2 Å². The fraction of sp³-hybridized carbons (Fsp3) is 0.364. The highest BCUT2D eigenvalue weighted by atomic mass is 32.1. The van der Waals surface area contributed by atoms with Gasteiger partial charge in [-0.1, -0.05) is 17.4 Å². The number of fused-ring (bicyclic) bond motifs is 1. The number of nitrogens with one attached hydrogen (secondary N) is 1. The highest BCUT2D eigenvalue weighted by Crippen LogP contribution is 2.30. The first kappa shape index (κ1) is 9.99. The molecule has 1 saturated heterocycles. The number of thiazole rings is 1. The molecule has 3 nitrogen and oxygen atoms in total. The SMILES string of the molecule is Fc1cccc2sc(N3CCNCC3)nc12. The summed E-state index contributed by atoms with van der Waals surface area (Å²) in [7, 11) is 0. The molecule has 84 valence electrons. The summed E-state index contributed by atoms with van der Waals surface area (Å²) in [6.07, 6.45) is 0. The molecular formula is C11H12FN3S. The van der Waals surface area contributed by atoms with Crippen LogP contribution >= 0.6 is 11.3 Å². The summed E-state index contributed by atoms with van der Waals surface area (Å²) < 4.78 is 14.4. The second kappa shape index (κ2) is 3.99. The van der Waals surface area contributed by atoms with E-state index in [1.54, 1.807) is 17.4 Å². The summed E-state index contributed by atoms with van der Waals surface area (Å²) in [4.78, 5) is 6.59. The molecule has 1 aliphatic rings. The van der Waals surface area contributed by atoms with Crippen molar-refractivity contribution in [1.82, 2.24) is 10.3 Å². The zero-order valence-electron chi connectivity index (χ0n) is 8.74. The third kappa shape index (κ3) is 1.66. The highest BCUT2D eigenvalue weighted by molar-refractivity contribution is 7.22. The highest BCUT2D eigenvalue weighted by Gasteiger charge is 2.15. The van der Waals surface area contributed by atoms with E-state index in [1.165, 1.54) is 6.07 Å². The van der Waals surface area contributed by atoms with Crippen molar-refractivity contribution < 1.29 is 4.39 Å². The number of halogens is 1. The van der Waals surface area contributed by atoms with Crippen molar-refractivity contribution in [1.29, 1.82) is 0 Å². The van der Waals surface area contributed by atoms with E-state index in [4.69, 9.17) is 0 Å². The average molecular weight is 237 g/mol. The van der Waals surface area contributed by atoms with Gasteiger partial charge in [-0.3, -0.25) is 0 Å². The largest absolute Gasteiger partial charge is 0.346 e. The maximum atomic E-state index is 13.5. The Morgan fingerprint density at radius 3 is 2.88 bits per heavy atom. The fourth-order valence-electron chi connectivity index (χ4n) is 1.89. The molecule has 3 rings (SSSR count). The molecule has 1 aromatic carbocycles. The van der Waals surface area contributed by atoms with Gasteiger partial charge in [0.25, 0.3) is 0 Å². The number of benzene rings is 1. The molecule has 0 atom stereocenters. The van der Waals surface area contributed by atoms with E-state index >= 15 is 0 Å². The molecule has 5 heteroatoms. The Labute approximate surface area is 96.9 Å². The van der Waals surface area contributed by atoms with Crippen LogP contribution in [-0.2, 0) is 0 Å². The quantitative estimate of drug-likeness (QED) is 0.820. The van der Waals surface area contributed by atoms with Gasteiger partial charge in [-0.2, -0.15) is 0 Å². The maximum Gasteiger partial charge on any atom is 0.186 e. The van der Waals surface area contributed by atoms with Crippen molar-refractivity contribution in [2.24, 2.45) is 0 Å². The molecule has 2 heterocycles. The van der Waals surface area contributed by atoms with Gasteiger partial charge in [0.05, 0.1) is 4.70 Å². The van der Waals surface area contributed by atoms with Gasteiger partial charge in [0.2, 0.25) is 0 Å². The zero-order chi connectivity index (χ0) is 11.0. The number of aromatic nitrogens is 1. The standard InChI is InChI=1S/C11H12FN3S/c12-8-2-1-3-9-10(8)14-11(16-9)15-6-4-13-5-7-15/h1-3,13H,4-7H2. The van der Waals surface area contributed by atoms with Crippen molar-refractivity contribution in [2.75, 3.05) is 31.1 Å². The molecule has 0 spiro atoms. The van der Waals surface area contributed by atoms with Gasteiger partial charge in [0.15, 0.2) is 5.13 Å². The predicted molar refractivity (Wildman–Crippen MR) is 64.7 cm³/mol. The van der Waals surface area contributed by atoms with E-state index in [9.17, 15) is 4.39 Å². The fourth-order valence-corrected chi connectivity index (χ4v) is 2.93. The number of hydrogen-bond acceptors (Lipinski definition) is 4. The predicted octanol–water partition coefficient (Wildman–Crippen LogP) is 1.84. The number of anilines is 1. The summed E-state index contributed by atoms with van der Waals surface area (Å²) >= 11 is 1.56. The molecule has 0 amide bonds. The molecular weight excluding hydrogens is 225 g/mol. The van der Waals surface area contributed by atoms with Crippen LogP contribution in [0.2, 0.25) is 0 Å². The lowest BCUT2D eigenvalue weighted by atomic mass is 10.3. The molecule has 0 saturated carbocycles. The molecule has 16 heavy (non-hydrogen) atoms. The average Bonchev–Trinajstić information content (AvgIpc) is 2.76. The van der Waals surface area contributed by atoms with Crippen LogP contribution < -0.4 is 10.2 Å². The summed E-state index contributed by atoms with van der Waals surface area (Å²) in [6, 6.07) is 5.11. The minimum atomic E-state index is -0.227. The van der Waals surface area contributed by atoms with Crippen LogP contribution in [0.3, 0.4) is 0 Å². The second-order valence-electron chi connectivity index (χ2n) is 3.82. The molecule has 1 fully saturated rings. The molecule has 1 aliphatic heterocycles. The van der Waals surface area contributed by atoms with Gasteiger partial charge < -0.3 is 10.2 Å². The number of nitrogens with zero attached hydrogens (tertiary/aromatic N) is 2. The van der Waals surface area contributed by atoms with Crippen LogP contribution in [0.1, 0.15) is 0 Å². The van der Waals surface area contributed by atoms with Crippen LogP contribution in [-0.4, -0.2) is 31.2 Å². The first-order valence-corrected chi connectivity index (χ1v) is 6.17.